The number of methoxy groups -OCH3 is 3. The van der Waals surface area contributed by atoms with E-state index in [4.69, 9.17) is 23.7 Å². The molecule has 0 aromatic heterocycles. The number of ether oxygens (including phenoxy) is 5. The highest BCUT2D eigenvalue weighted by Gasteiger charge is 2.53. The lowest BCUT2D eigenvalue weighted by atomic mass is 9.78. The Morgan fingerprint density at radius 1 is 0.859 bits per heavy atom. The van der Waals surface area contributed by atoms with Gasteiger partial charge >= 0.3 is 5.97 Å². The monoisotopic (exact) mass is 900 g/mol. The van der Waals surface area contributed by atoms with Gasteiger partial charge in [-0.2, -0.15) is 0 Å². The lowest BCUT2D eigenvalue weighted by molar-refractivity contribution is -0.265. The summed E-state index contributed by atoms with van der Waals surface area (Å²) in [5.41, 5.74) is 1.26. The summed E-state index contributed by atoms with van der Waals surface area (Å²) in [5.74, 6) is -7.97. The Labute approximate surface area is 380 Å². The van der Waals surface area contributed by atoms with Crippen LogP contribution in [0.15, 0.2) is 47.6 Å². The van der Waals surface area contributed by atoms with Crippen molar-refractivity contribution < 1.29 is 63.0 Å². The molecule has 1 saturated carbocycles. The number of Topliss-reactive ketones (excluding diaryl/α,β-unsaturated/α-hetero) is 3. The third-order valence-electron chi connectivity index (χ3n) is 14.2. The number of hydrogen-bond acceptors (Lipinski definition) is 13. The SMILES string of the molecule is COC1C[C@@H]2CC[C@@H](C)[C@@](O)(O2)C(=O)C(=O)N2CCC[C@H]2C(=O)O[C@H]([C@H](C)C[C@@H]2CC[C@@H](O)[C@H](OC)C2)CC(=O)[C@H](C)/C=C(\C)[C@@H](O)C(OC)C(=O)[C@H](C)C[C@H](C)/C=C/C=C/C=C/1C. The molecule has 2 unspecified atom stereocenters. The predicted octanol–water partition coefficient (Wildman–Crippen LogP) is 5.79. The van der Waals surface area contributed by atoms with Gasteiger partial charge in [0.1, 0.15) is 30.1 Å². The van der Waals surface area contributed by atoms with E-state index in [1.54, 1.807) is 41.1 Å². The van der Waals surface area contributed by atoms with Gasteiger partial charge in [0, 0.05) is 58.5 Å². The van der Waals surface area contributed by atoms with Gasteiger partial charge in [-0.05, 0) is 101 Å². The molecule has 1 aliphatic carbocycles. The molecular weight excluding hydrogens is 823 g/mol. The second-order valence-electron chi connectivity index (χ2n) is 19.2. The van der Waals surface area contributed by atoms with E-state index in [0.717, 1.165) is 16.9 Å². The fourth-order valence-electron chi connectivity index (χ4n) is 9.95. The zero-order valence-corrected chi connectivity index (χ0v) is 39.9. The minimum Gasteiger partial charge on any atom is -0.460 e. The highest BCUT2D eigenvalue weighted by Crippen LogP contribution is 2.38. The fraction of sp³-hybridized carbons (Fsp3) is 0.740. The Hall–Kier alpha value is -3.37. The van der Waals surface area contributed by atoms with E-state index in [9.17, 15) is 39.3 Å². The standard InChI is InChI=1S/C50H77NO13/c1-29-15-12-11-13-16-30(2)41(60-8)27-37-20-18-35(7)50(59,64-37)47(56)48(57)51-22-14-17-38(51)49(58)63-42(32(4)25-36-19-21-39(52)43(26-36)61-9)28-40(53)31(3)24-34(6)45(55)46(62-10)44(54)33(5)23-29/h11-13,15-16,24,29,31-33,35-39,41-43,45-46,52,55,59H,14,17-23,25-28H2,1-10H3/b13-11+,15-12+,30-16+,34-24+/t29-,31-,32-,33-,35-,36+,37+,38+,39-,41?,42+,43-,45-,46?,50-/m1/s1. The summed E-state index contributed by atoms with van der Waals surface area (Å²) in [5, 5.41) is 33.7. The minimum absolute atomic E-state index is 0.0199. The van der Waals surface area contributed by atoms with Crippen molar-refractivity contribution in [2.24, 2.45) is 35.5 Å². The Morgan fingerprint density at radius 3 is 2.25 bits per heavy atom. The summed E-state index contributed by atoms with van der Waals surface area (Å²) in [7, 11) is 4.51. The molecule has 2 saturated heterocycles. The molecule has 0 aromatic rings. The molecule has 0 spiro atoms. The molecule has 3 N–H and O–H groups in total. The van der Waals surface area contributed by atoms with Crippen LogP contribution in [0.2, 0.25) is 0 Å². The van der Waals surface area contributed by atoms with E-state index < -0.39 is 83.9 Å². The summed E-state index contributed by atoms with van der Waals surface area (Å²) in [4.78, 5) is 71.2. The van der Waals surface area contributed by atoms with Crippen LogP contribution in [0.4, 0.5) is 0 Å². The summed E-state index contributed by atoms with van der Waals surface area (Å²) < 4.78 is 29.2. The number of hydrogen-bond donors (Lipinski definition) is 3. The Balaban J connectivity index is 1.68. The van der Waals surface area contributed by atoms with Crippen molar-refractivity contribution in [3.05, 3.63) is 47.6 Å². The largest absolute Gasteiger partial charge is 0.460 e. The number of rotatable bonds is 6. The molecule has 64 heavy (non-hydrogen) atoms. The van der Waals surface area contributed by atoms with Crippen LogP contribution in [0.1, 0.15) is 119 Å². The van der Waals surface area contributed by atoms with E-state index in [2.05, 4.69) is 0 Å². The first-order chi connectivity index (χ1) is 30.2. The summed E-state index contributed by atoms with van der Waals surface area (Å²) in [6.45, 7) is 12.7. The van der Waals surface area contributed by atoms with Gasteiger partial charge in [0.2, 0.25) is 5.79 Å². The summed E-state index contributed by atoms with van der Waals surface area (Å²) >= 11 is 0. The molecule has 4 rings (SSSR count). The quantitative estimate of drug-likeness (QED) is 0.165. The third-order valence-corrected chi connectivity index (χ3v) is 14.2. The summed E-state index contributed by atoms with van der Waals surface area (Å²) in [6.07, 6.45) is 10.5. The maximum Gasteiger partial charge on any atom is 0.329 e. The van der Waals surface area contributed by atoms with Gasteiger partial charge in [0.05, 0.1) is 24.4 Å². The topological polar surface area (TPSA) is 195 Å². The number of amides is 1. The zero-order valence-electron chi connectivity index (χ0n) is 39.9. The van der Waals surface area contributed by atoms with Gasteiger partial charge in [-0.15, -0.1) is 0 Å². The fourth-order valence-corrected chi connectivity index (χ4v) is 9.95. The van der Waals surface area contributed by atoms with Crippen LogP contribution >= 0.6 is 0 Å². The maximum absolute atomic E-state index is 14.2. The number of allylic oxidation sites excluding steroid dienone is 6. The molecular formula is C50H77NO13. The molecule has 15 atom stereocenters. The number of carbonyl (C=O) groups excluding carboxylic acids is 5. The molecule has 4 aliphatic rings. The lowest BCUT2D eigenvalue weighted by Crippen LogP contribution is -2.59. The molecule has 1 amide bonds. The molecule has 0 radical (unpaired) electrons. The van der Waals surface area contributed by atoms with Crippen LogP contribution in [-0.2, 0) is 47.7 Å². The smallest absolute Gasteiger partial charge is 0.329 e. The van der Waals surface area contributed by atoms with Crippen LogP contribution in [0.25, 0.3) is 0 Å². The second-order valence-corrected chi connectivity index (χ2v) is 19.2. The predicted molar refractivity (Wildman–Crippen MR) is 241 cm³/mol. The molecule has 3 heterocycles. The summed E-state index contributed by atoms with van der Waals surface area (Å²) in [6, 6.07) is -1.13. The van der Waals surface area contributed by atoms with Gasteiger partial charge in [-0.25, -0.2) is 4.79 Å². The third kappa shape index (κ3) is 13.6. The highest BCUT2D eigenvalue weighted by molar-refractivity contribution is 6.39. The molecule has 3 fully saturated rings. The number of carbonyl (C=O) groups is 5. The number of nitrogens with zero attached hydrogens (tertiary/aromatic N) is 1. The van der Waals surface area contributed by atoms with Crippen LogP contribution in [0.3, 0.4) is 0 Å². The van der Waals surface area contributed by atoms with E-state index in [-0.39, 0.29) is 54.8 Å². The zero-order chi connectivity index (χ0) is 47.5. The van der Waals surface area contributed by atoms with Crippen LogP contribution in [-0.4, -0.2) is 132 Å². The van der Waals surface area contributed by atoms with Crippen LogP contribution in [0, 0.1) is 35.5 Å². The number of aliphatic hydroxyl groups excluding tert-OH is 2. The highest BCUT2D eigenvalue weighted by atomic mass is 16.6. The Bertz CT molecular complexity index is 1740. The first-order valence-electron chi connectivity index (χ1n) is 23.4. The minimum atomic E-state index is -2.42. The molecule has 14 nitrogen and oxygen atoms in total. The number of fused-ring (bicyclic) bond motifs is 3. The molecule has 0 aromatic carbocycles. The van der Waals surface area contributed by atoms with Crippen molar-refractivity contribution in [2.75, 3.05) is 27.9 Å². The number of esters is 1. The van der Waals surface area contributed by atoms with Crippen molar-refractivity contribution in [1.82, 2.24) is 4.90 Å². The van der Waals surface area contributed by atoms with Gasteiger partial charge in [0.15, 0.2) is 5.78 Å². The van der Waals surface area contributed by atoms with Crippen molar-refractivity contribution in [3.63, 3.8) is 0 Å². The normalized spacial score (nSPS) is 40.7. The maximum atomic E-state index is 14.2. The Morgan fingerprint density at radius 2 is 1.58 bits per heavy atom. The first-order valence-corrected chi connectivity index (χ1v) is 23.4. The van der Waals surface area contributed by atoms with E-state index >= 15 is 0 Å². The van der Waals surface area contributed by atoms with E-state index in [1.165, 1.54) is 7.11 Å². The number of aliphatic hydroxyl groups is 3. The van der Waals surface area contributed by atoms with E-state index in [0.29, 0.717) is 56.9 Å². The molecule has 360 valence electrons. The Kier molecular flexibility index (Phi) is 20.3. The van der Waals surface area contributed by atoms with Crippen LogP contribution in [0.5, 0.6) is 0 Å². The van der Waals surface area contributed by atoms with Crippen molar-refractivity contribution in [2.45, 2.75) is 174 Å². The second kappa shape index (κ2) is 24.4. The van der Waals surface area contributed by atoms with Gasteiger partial charge in [0.25, 0.3) is 11.7 Å². The first kappa shape index (κ1) is 53.2. The molecule has 3 aliphatic heterocycles. The van der Waals surface area contributed by atoms with Gasteiger partial charge in [-0.1, -0.05) is 71.1 Å². The average Bonchev–Trinajstić information content (AvgIpc) is 3.76. The molecule has 2 bridgehead atoms. The van der Waals surface area contributed by atoms with Gasteiger partial charge in [-0.3, -0.25) is 19.2 Å². The van der Waals surface area contributed by atoms with E-state index in [1.807, 2.05) is 58.1 Å². The lowest BCUT2D eigenvalue weighted by Gasteiger charge is -2.41. The van der Waals surface area contributed by atoms with Crippen molar-refractivity contribution >= 4 is 29.2 Å². The van der Waals surface area contributed by atoms with Crippen molar-refractivity contribution in [1.29, 1.82) is 0 Å². The number of cyclic esters (lactones) is 1. The average molecular weight is 900 g/mol. The van der Waals surface area contributed by atoms with Crippen molar-refractivity contribution in [3.8, 4) is 0 Å². The van der Waals surface area contributed by atoms with Crippen LogP contribution < -0.4 is 0 Å². The molecule has 14 heteroatoms. The van der Waals surface area contributed by atoms with Gasteiger partial charge < -0.3 is 43.9 Å². The number of ketones is 3.